The third-order valence-corrected chi connectivity index (χ3v) is 0.735. The van der Waals surface area contributed by atoms with Crippen LogP contribution in [0.4, 0.5) is 4.79 Å². The summed E-state index contributed by atoms with van der Waals surface area (Å²) in [4.78, 5) is 20.7. The van der Waals surface area contributed by atoms with E-state index in [-0.39, 0.29) is 5.76 Å². The summed E-state index contributed by atoms with van der Waals surface area (Å²) in [5.41, 5.74) is -0.625. The van der Waals surface area contributed by atoms with Crippen LogP contribution in [0.15, 0.2) is 12.3 Å². The summed E-state index contributed by atoms with van der Waals surface area (Å²) in [6, 6.07) is 0. The van der Waals surface area contributed by atoms with Crippen LogP contribution in [0, 0.1) is 0 Å². The van der Waals surface area contributed by atoms with Crippen molar-refractivity contribution in [3.05, 3.63) is 12.3 Å². The molecule has 0 aliphatic rings. The van der Waals surface area contributed by atoms with Gasteiger partial charge in [0.25, 0.3) is 0 Å². The van der Waals surface area contributed by atoms with E-state index in [1.54, 1.807) is 20.8 Å². The van der Waals surface area contributed by atoms with Crippen LogP contribution in [-0.4, -0.2) is 18.0 Å². The molecule has 0 aliphatic carbocycles. The second-order valence-electron chi connectivity index (χ2n) is 3.15. The minimum absolute atomic E-state index is 0.260. The predicted molar refractivity (Wildman–Crippen MR) is 42.5 cm³/mol. The van der Waals surface area contributed by atoms with Gasteiger partial charge >= 0.3 is 6.16 Å². The van der Waals surface area contributed by atoms with Gasteiger partial charge in [0.1, 0.15) is 5.60 Å². The van der Waals surface area contributed by atoms with Crippen molar-refractivity contribution in [2.24, 2.45) is 0 Å². The molecule has 0 atom stereocenters. The lowest BCUT2D eigenvalue weighted by molar-refractivity contribution is -0.107. The van der Waals surface area contributed by atoms with Crippen LogP contribution in [0.1, 0.15) is 20.8 Å². The molecule has 68 valence electrons. The molecule has 0 amide bonds. The number of carbonyl (C=O) groups is 2. The topological polar surface area (TPSA) is 52.6 Å². The quantitative estimate of drug-likeness (QED) is 0.275. The van der Waals surface area contributed by atoms with Crippen LogP contribution in [0.5, 0.6) is 0 Å². The zero-order valence-electron chi connectivity index (χ0n) is 7.42. The zero-order chi connectivity index (χ0) is 9.78. The molecule has 0 spiro atoms. The average molecular weight is 172 g/mol. The van der Waals surface area contributed by atoms with Crippen molar-refractivity contribution in [3.63, 3.8) is 0 Å². The van der Waals surface area contributed by atoms with Crippen LogP contribution in [0.2, 0.25) is 0 Å². The fraction of sp³-hybridized carbons (Fsp3) is 0.500. The molecule has 0 fully saturated rings. The predicted octanol–water partition coefficient (Wildman–Crippen LogP) is 1.65. The molecule has 0 rings (SSSR count). The Kier molecular flexibility index (Phi) is 3.47. The minimum atomic E-state index is -0.917. The molecular formula is C8H12O4. The van der Waals surface area contributed by atoms with Gasteiger partial charge in [-0.05, 0) is 20.8 Å². The zero-order valence-corrected chi connectivity index (χ0v) is 7.42. The van der Waals surface area contributed by atoms with Gasteiger partial charge in [0.05, 0.1) is 0 Å². The molecule has 0 saturated heterocycles. The normalized spacial score (nSPS) is 10.2. The number of hydrogen-bond donors (Lipinski definition) is 0. The summed E-state index contributed by atoms with van der Waals surface area (Å²) < 4.78 is 9.08. The van der Waals surface area contributed by atoms with E-state index >= 15 is 0 Å². The van der Waals surface area contributed by atoms with Crippen molar-refractivity contribution >= 4 is 12.4 Å². The van der Waals surface area contributed by atoms with E-state index in [1.807, 2.05) is 0 Å². The number of ether oxygens (including phenoxy) is 2. The molecule has 0 aromatic rings. The highest BCUT2D eigenvalue weighted by atomic mass is 16.7. The van der Waals surface area contributed by atoms with Crippen molar-refractivity contribution in [2.45, 2.75) is 26.4 Å². The third kappa shape index (κ3) is 5.46. The Morgan fingerprint density at radius 2 is 1.92 bits per heavy atom. The van der Waals surface area contributed by atoms with E-state index in [9.17, 15) is 9.59 Å². The fourth-order valence-corrected chi connectivity index (χ4v) is 0.402. The molecule has 12 heavy (non-hydrogen) atoms. The molecule has 4 nitrogen and oxygen atoms in total. The molecular weight excluding hydrogens is 160 g/mol. The van der Waals surface area contributed by atoms with E-state index in [1.165, 1.54) is 0 Å². The Balaban J connectivity index is 3.91. The lowest BCUT2D eigenvalue weighted by Gasteiger charge is -2.18. The Morgan fingerprint density at radius 3 is 2.25 bits per heavy atom. The highest BCUT2D eigenvalue weighted by Gasteiger charge is 2.17. The first-order valence-corrected chi connectivity index (χ1v) is 3.40. The summed E-state index contributed by atoms with van der Waals surface area (Å²) in [6.07, 6.45) is -0.580. The van der Waals surface area contributed by atoms with E-state index in [0.29, 0.717) is 6.29 Å². The van der Waals surface area contributed by atoms with E-state index in [0.717, 1.165) is 0 Å². The van der Waals surface area contributed by atoms with Gasteiger partial charge in [-0.1, -0.05) is 6.58 Å². The van der Waals surface area contributed by atoms with Crippen molar-refractivity contribution in [2.75, 3.05) is 0 Å². The molecule has 0 aromatic heterocycles. The maximum atomic E-state index is 10.8. The van der Waals surface area contributed by atoms with Crippen LogP contribution >= 0.6 is 0 Å². The first-order chi connectivity index (χ1) is 5.35. The summed E-state index contributed by atoms with van der Waals surface area (Å²) in [5, 5.41) is 0. The standard InChI is InChI=1S/C8H12O4/c1-6(5-9)11-7(10)12-8(2,3)4/h5H,1H2,2-4H3. The molecule has 0 radical (unpaired) electrons. The van der Waals surface area contributed by atoms with E-state index < -0.39 is 11.8 Å². The van der Waals surface area contributed by atoms with Crippen molar-refractivity contribution in [1.29, 1.82) is 0 Å². The number of rotatable bonds is 2. The van der Waals surface area contributed by atoms with Gasteiger partial charge in [0.2, 0.25) is 0 Å². The number of hydrogen-bond acceptors (Lipinski definition) is 4. The van der Waals surface area contributed by atoms with E-state index in [2.05, 4.69) is 11.3 Å². The maximum Gasteiger partial charge on any atom is 0.514 e. The molecule has 0 saturated carbocycles. The van der Waals surface area contributed by atoms with Gasteiger partial charge in [-0.3, -0.25) is 4.79 Å². The first kappa shape index (κ1) is 10.7. The summed E-state index contributed by atoms with van der Waals surface area (Å²) >= 11 is 0. The van der Waals surface area contributed by atoms with Gasteiger partial charge in [-0.15, -0.1) is 0 Å². The highest BCUT2D eigenvalue weighted by Crippen LogP contribution is 2.08. The van der Waals surface area contributed by atoms with Crippen LogP contribution < -0.4 is 0 Å². The van der Waals surface area contributed by atoms with Gasteiger partial charge < -0.3 is 9.47 Å². The van der Waals surface area contributed by atoms with Gasteiger partial charge in [0.15, 0.2) is 12.0 Å². The molecule has 0 aromatic carbocycles. The van der Waals surface area contributed by atoms with Crippen LogP contribution in [0.3, 0.4) is 0 Å². The van der Waals surface area contributed by atoms with Crippen LogP contribution in [0.25, 0.3) is 0 Å². The van der Waals surface area contributed by atoms with E-state index in [4.69, 9.17) is 4.74 Å². The van der Waals surface area contributed by atoms with Crippen molar-refractivity contribution in [3.8, 4) is 0 Å². The third-order valence-electron chi connectivity index (χ3n) is 0.735. The lowest BCUT2D eigenvalue weighted by atomic mass is 10.2. The molecule has 0 N–H and O–H groups in total. The van der Waals surface area contributed by atoms with Gasteiger partial charge in [-0.25, -0.2) is 4.79 Å². The second kappa shape index (κ2) is 3.90. The largest absolute Gasteiger partial charge is 0.514 e. The van der Waals surface area contributed by atoms with Gasteiger partial charge in [0, 0.05) is 0 Å². The highest BCUT2D eigenvalue weighted by molar-refractivity contribution is 5.74. The summed E-state index contributed by atoms with van der Waals surface area (Å²) in [7, 11) is 0. The Labute approximate surface area is 71.2 Å². The minimum Gasteiger partial charge on any atom is -0.428 e. The second-order valence-corrected chi connectivity index (χ2v) is 3.15. The Hall–Kier alpha value is -1.32. The molecule has 0 unspecified atom stereocenters. The Morgan fingerprint density at radius 1 is 1.42 bits per heavy atom. The lowest BCUT2D eigenvalue weighted by Crippen LogP contribution is -2.24. The first-order valence-electron chi connectivity index (χ1n) is 3.40. The van der Waals surface area contributed by atoms with Crippen molar-refractivity contribution < 1.29 is 19.1 Å². The summed E-state index contributed by atoms with van der Waals surface area (Å²) in [6.45, 7) is 8.23. The number of allylic oxidation sites excluding steroid dienone is 1. The average Bonchev–Trinajstić information content (AvgIpc) is 1.82. The number of aldehydes is 1. The Bertz CT molecular complexity index is 200. The molecule has 4 heteroatoms. The maximum absolute atomic E-state index is 10.8. The summed E-state index contributed by atoms with van der Waals surface area (Å²) in [5.74, 6) is -0.260. The van der Waals surface area contributed by atoms with Crippen LogP contribution in [-0.2, 0) is 14.3 Å². The number of carbonyl (C=O) groups excluding carboxylic acids is 2. The monoisotopic (exact) mass is 172 g/mol. The molecule has 0 aliphatic heterocycles. The van der Waals surface area contributed by atoms with Crippen molar-refractivity contribution in [1.82, 2.24) is 0 Å². The molecule has 0 bridgehead atoms. The smallest absolute Gasteiger partial charge is 0.428 e. The van der Waals surface area contributed by atoms with Gasteiger partial charge in [-0.2, -0.15) is 0 Å². The molecule has 0 heterocycles. The SMILES string of the molecule is C=C(C=O)OC(=O)OC(C)(C)C. The fourth-order valence-electron chi connectivity index (χ4n) is 0.402.